The molecule has 112 valence electrons. The van der Waals surface area contributed by atoms with Gasteiger partial charge < -0.3 is 4.52 Å². The van der Waals surface area contributed by atoms with E-state index in [-0.39, 0.29) is 0 Å². The summed E-state index contributed by atoms with van der Waals surface area (Å²) in [5.74, 6) is 1.41. The SMILES string of the molecule is CC(C)c1cc([C@@H]2CCCN2Cc2cccc(Cl)c2)on1. The highest BCUT2D eigenvalue weighted by molar-refractivity contribution is 6.30. The first-order valence-corrected chi connectivity index (χ1v) is 7.96. The van der Waals surface area contributed by atoms with Gasteiger partial charge in [-0.2, -0.15) is 0 Å². The zero-order valence-corrected chi connectivity index (χ0v) is 13.3. The number of rotatable bonds is 4. The van der Waals surface area contributed by atoms with Gasteiger partial charge in [-0.1, -0.05) is 42.7 Å². The van der Waals surface area contributed by atoms with Crippen LogP contribution in [0.25, 0.3) is 0 Å². The lowest BCUT2D eigenvalue weighted by molar-refractivity contribution is 0.206. The number of hydrogen-bond donors (Lipinski definition) is 0. The first kappa shape index (κ1) is 14.6. The number of nitrogens with zero attached hydrogens (tertiary/aromatic N) is 2. The van der Waals surface area contributed by atoms with E-state index in [2.05, 4.69) is 36.0 Å². The number of aromatic nitrogens is 1. The summed E-state index contributed by atoms with van der Waals surface area (Å²) in [7, 11) is 0. The Morgan fingerprint density at radius 3 is 2.95 bits per heavy atom. The van der Waals surface area contributed by atoms with Crippen molar-refractivity contribution >= 4 is 11.6 Å². The molecule has 3 rings (SSSR count). The van der Waals surface area contributed by atoms with Crippen LogP contribution in [0.3, 0.4) is 0 Å². The van der Waals surface area contributed by atoms with Gasteiger partial charge in [0.2, 0.25) is 0 Å². The third kappa shape index (κ3) is 3.30. The van der Waals surface area contributed by atoms with Gasteiger partial charge in [0.25, 0.3) is 0 Å². The molecule has 1 aliphatic rings. The lowest BCUT2D eigenvalue weighted by Gasteiger charge is -2.22. The maximum absolute atomic E-state index is 6.07. The van der Waals surface area contributed by atoms with Crippen LogP contribution in [0.5, 0.6) is 0 Å². The van der Waals surface area contributed by atoms with Crippen molar-refractivity contribution in [3.05, 3.63) is 52.4 Å². The topological polar surface area (TPSA) is 29.3 Å². The molecule has 1 aromatic carbocycles. The predicted octanol–water partition coefficient (Wildman–Crippen LogP) is 4.79. The number of benzene rings is 1. The molecular formula is C17H21ClN2O. The molecule has 0 spiro atoms. The Hall–Kier alpha value is -1.32. The molecule has 0 bridgehead atoms. The van der Waals surface area contributed by atoms with E-state index in [1.165, 1.54) is 12.0 Å². The lowest BCUT2D eigenvalue weighted by atomic mass is 10.1. The van der Waals surface area contributed by atoms with Gasteiger partial charge in [-0.05, 0) is 43.0 Å². The number of hydrogen-bond acceptors (Lipinski definition) is 3. The normalized spacial score (nSPS) is 19.5. The van der Waals surface area contributed by atoms with E-state index in [9.17, 15) is 0 Å². The summed E-state index contributed by atoms with van der Waals surface area (Å²) in [6.45, 7) is 6.28. The largest absolute Gasteiger partial charge is 0.359 e. The van der Waals surface area contributed by atoms with Gasteiger partial charge in [0, 0.05) is 17.6 Å². The van der Waals surface area contributed by atoms with E-state index in [1.807, 2.05) is 18.2 Å². The van der Waals surface area contributed by atoms with Gasteiger partial charge in [-0.3, -0.25) is 4.90 Å². The van der Waals surface area contributed by atoms with E-state index in [4.69, 9.17) is 16.1 Å². The number of halogens is 1. The van der Waals surface area contributed by atoms with Crippen LogP contribution >= 0.6 is 11.6 Å². The van der Waals surface area contributed by atoms with Gasteiger partial charge in [0.05, 0.1) is 11.7 Å². The second-order valence-electron chi connectivity index (χ2n) is 6.07. The molecule has 21 heavy (non-hydrogen) atoms. The molecule has 0 saturated carbocycles. The Labute approximate surface area is 130 Å². The molecule has 1 saturated heterocycles. The molecule has 1 aromatic heterocycles. The van der Waals surface area contributed by atoms with E-state index < -0.39 is 0 Å². The second-order valence-corrected chi connectivity index (χ2v) is 6.50. The van der Waals surface area contributed by atoms with Crippen LogP contribution in [-0.2, 0) is 6.54 Å². The van der Waals surface area contributed by atoms with E-state index in [0.717, 1.165) is 36.0 Å². The maximum atomic E-state index is 6.07. The van der Waals surface area contributed by atoms with E-state index in [1.54, 1.807) is 0 Å². The van der Waals surface area contributed by atoms with Crippen LogP contribution in [0.15, 0.2) is 34.9 Å². The number of likely N-dealkylation sites (tertiary alicyclic amines) is 1. The van der Waals surface area contributed by atoms with Crippen LogP contribution in [0.4, 0.5) is 0 Å². The van der Waals surface area contributed by atoms with Crippen LogP contribution in [0.1, 0.15) is 55.7 Å². The molecule has 3 nitrogen and oxygen atoms in total. The first-order valence-electron chi connectivity index (χ1n) is 7.58. The van der Waals surface area contributed by atoms with Gasteiger partial charge in [-0.15, -0.1) is 0 Å². The van der Waals surface area contributed by atoms with Crippen LogP contribution in [-0.4, -0.2) is 16.6 Å². The summed E-state index contributed by atoms with van der Waals surface area (Å²) in [6, 6.07) is 10.5. The minimum absolute atomic E-state index is 0.337. The highest BCUT2D eigenvalue weighted by atomic mass is 35.5. The molecular weight excluding hydrogens is 284 g/mol. The second kappa shape index (κ2) is 6.20. The molecule has 1 aliphatic heterocycles. The fourth-order valence-electron chi connectivity index (χ4n) is 2.94. The molecule has 0 aliphatic carbocycles. The smallest absolute Gasteiger partial charge is 0.154 e. The maximum Gasteiger partial charge on any atom is 0.154 e. The minimum Gasteiger partial charge on any atom is -0.359 e. The molecule has 2 heterocycles. The van der Waals surface area contributed by atoms with Crippen LogP contribution < -0.4 is 0 Å². The fraction of sp³-hybridized carbons (Fsp3) is 0.471. The molecule has 0 amide bonds. The van der Waals surface area contributed by atoms with Gasteiger partial charge in [0.1, 0.15) is 0 Å². The molecule has 4 heteroatoms. The molecule has 0 unspecified atom stereocenters. The van der Waals surface area contributed by atoms with Crippen LogP contribution in [0, 0.1) is 0 Å². The van der Waals surface area contributed by atoms with Crippen molar-refractivity contribution in [3.63, 3.8) is 0 Å². The molecule has 0 radical (unpaired) electrons. The summed E-state index contributed by atoms with van der Waals surface area (Å²) in [5.41, 5.74) is 2.29. The van der Waals surface area contributed by atoms with Crippen molar-refractivity contribution in [1.29, 1.82) is 0 Å². The average molecular weight is 305 g/mol. The van der Waals surface area contributed by atoms with Gasteiger partial charge in [0.15, 0.2) is 5.76 Å². The van der Waals surface area contributed by atoms with E-state index in [0.29, 0.717) is 12.0 Å². The van der Waals surface area contributed by atoms with Crippen molar-refractivity contribution in [2.75, 3.05) is 6.54 Å². The zero-order chi connectivity index (χ0) is 14.8. The first-order chi connectivity index (χ1) is 10.1. The van der Waals surface area contributed by atoms with Gasteiger partial charge in [-0.25, -0.2) is 0 Å². The summed E-state index contributed by atoms with van der Waals surface area (Å²) in [4.78, 5) is 2.45. The Morgan fingerprint density at radius 1 is 1.38 bits per heavy atom. The third-order valence-corrected chi connectivity index (χ3v) is 4.34. The highest BCUT2D eigenvalue weighted by Gasteiger charge is 2.29. The molecule has 1 atom stereocenters. The summed E-state index contributed by atoms with van der Waals surface area (Å²) in [6.07, 6.45) is 2.33. The Kier molecular flexibility index (Phi) is 4.32. The summed E-state index contributed by atoms with van der Waals surface area (Å²) >= 11 is 6.07. The van der Waals surface area contributed by atoms with Crippen LogP contribution in [0.2, 0.25) is 5.02 Å². The Bertz CT molecular complexity index is 608. The minimum atomic E-state index is 0.337. The average Bonchev–Trinajstić information content (AvgIpc) is 3.06. The Morgan fingerprint density at radius 2 is 2.24 bits per heavy atom. The fourth-order valence-corrected chi connectivity index (χ4v) is 3.15. The highest BCUT2D eigenvalue weighted by Crippen LogP contribution is 2.34. The summed E-state index contributed by atoms with van der Waals surface area (Å²) in [5, 5.41) is 4.99. The quantitative estimate of drug-likeness (QED) is 0.813. The van der Waals surface area contributed by atoms with Crippen molar-refractivity contribution in [1.82, 2.24) is 10.1 Å². The van der Waals surface area contributed by atoms with Crippen molar-refractivity contribution in [2.45, 2.75) is 45.2 Å². The monoisotopic (exact) mass is 304 g/mol. The molecule has 2 aromatic rings. The van der Waals surface area contributed by atoms with Crippen molar-refractivity contribution < 1.29 is 4.52 Å². The van der Waals surface area contributed by atoms with Crippen molar-refractivity contribution in [3.8, 4) is 0 Å². The standard InChI is InChI=1S/C17H21ClN2O/c1-12(2)15-10-17(21-19-15)16-7-4-8-20(16)11-13-5-3-6-14(18)9-13/h3,5-6,9-10,12,16H,4,7-8,11H2,1-2H3/t16-/m0/s1. The zero-order valence-electron chi connectivity index (χ0n) is 12.6. The lowest BCUT2D eigenvalue weighted by Crippen LogP contribution is -2.22. The summed E-state index contributed by atoms with van der Waals surface area (Å²) < 4.78 is 5.58. The Balaban J connectivity index is 1.75. The third-order valence-electron chi connectivity index (χ3n) is 4.10. The molecule has 0 N–H and O–H groups in total. The van der Waals surface area contributed by atoms with Gasteiger partial charge >= 0.3 is 0 Å². The molecule has 1 fully saturated rings. The van der Waals surface area contributed by atoms with Crippen molar-refractivity contribution in [2.24, 2.45) is 0 Å². The predicted molar refractivity (Wildman–Crippen MR) is 84.4 cm³/mol. The van der Waals surface area contributed by atoms with E-state index >= 15 is 0 Å².